The molecule has 0 spiro atoms. The molecule has 0 aromatic heterocycles. The Morgan fingerprint density at radius 2 is 1.74 bits per heavy atom. The van der Waals surface area contributed by atoms with Crippen LogP contribution < -0.4 is 10.4 Å². The lowest BCUT2D eigenvalue weighted by Crippen LogP contribution is -2.42. The summed E-state index contributed by atoms with van der Waals surface area (Å²) in [7, 11) is 0. The molecule has 3 rings (SSSR count). The topological polar surface area (TPSA) is 69.2 Å². The summed E-state index contributed by atoms with van der Waals surface area (Å²) in [5.74, 6) is -3.16. The summed E-state index contributed by atoms with van der Waals surface area (Å²) < 4.78 is 0. The summed E-state index contributed by atoms with van der Waals surface area (Å²) in [6.07, 6.45) is 3.87. The zero-order valence-corrected chi connectivity index (χ0v) is 13.5. The fourth-order valence-corrected chi connectivity index (χ4v) is 3.98. The largest absolute Gasteiger partial charge is 0.550 e. The van der Waals surface area contributed by atoms with Gasteiger partial charge in [-0.1, -0.05) is 35.4 Å². The van der Waals surface area contributed by atoms with E-state index in [1.807, 2.05) is 57.2 Å². The van der Waals surface area contributed by atoms with Crippen LogP contribution >= 0.6 is 0 Å². The van der Waals surface area contributed by atoms with Crippen molar-refractivity contribution in [2.24, 2.45) is 23.7 Å². The minimum absolute atomic E-state index is 0.141. The van der Waals surface area contributed by atoms with E-state index in [1.54, 1.807) is 0 Å². The Hall–Kier alpha value is -2.36. The molecular weight excluding hydrogens is 290 g/mol. The van der Waals surface area contributed by atoms with Crippen LogP contribution in [0, 0.1) is 30.6 Å². The van der Waals surface area contributed by atoms with Gasteiger partial charge in [0.1, 0.15) is 0 Å². The lowest BCUT2D eigenvalue weighted by molar-refractivity contribution is -0.313. The molecule has 2 bridgehead atoms. The molecule has 1 saturated carbocycles. The van der Waals surface area contributed by atoms with Gasteiger partial charge >= 0.3 is 0 Å². The van der Waals surface area contributed by atoms with Crippen LogP contribution in [-0.2, 0) is 9.59 Å². The number of carboxylic acids is 1. The summed E-state index contributed by atoms with van der Waals surface area (Å²) in [5, 5.41) is 14.5. The standard InChI is InChI=1S/C19H21NO3/c1-10(2)15-13-7-8-14(15)17(19(22)23)16(13)18(21)20-12-6-4-5-11(3)9-12/h4-9,13-14,16-17H,1-3H3,(H,20,21)(H,22,23)/p-1/t13-,14-,16+,17+/m1/s1. The monoisotopic (exact) mass is 310 g/mol. The number of aryl methyl sites for hydroxylation is 1. The zero-order chi connectivity index (χ0) is 16.7. The number of allylic oxidation sites excluding steroid dienone is 4. The van der Waals surface area contributed by atoms with Gasteiger partial charge < -0.3 is 15.2 Å². The molecule has 4 heteroatoms. The van der Waals surface area contributed by atoms with E-state index in [2.05, 4.69) is 5.32 Å². The van der Waals surface area contributed by atoms with Crippen LogP contribution in [-0.4, -0.2) is 11.9 Å². The molecule has 1 aromatic rings. The number of hydrogen-bond donors (Lipinski definition) is 1. The second-order valence-electron chi connectivity index (χ2n) is 6.62. The summed E-state index contributed by atoms with van der Waals surface area (Å²) in [6, 6.07) is 7.49. The first-order valence-corrected chi connectivity index (χ1v) is 7.84. The Bertz CT molecular complexity index is 728. The Labute approximate surface area is 135 Å². The summed E-state index contributed by atoms with van der Waals surface area (Å²) in [5.41, 5.74) is 3.88. The number of aliphatic carboxylic acids is 1. The second-order valence-corrected chi connectivity index (χ2v) is 6.62. The van der Waals surface area contributed by atoms with Gasteiger partial charge in [-0.2, -0.15) is 0 Å². The molecule has 0 saturated heterocycles. The molecule has 1 fully saturated rings. The molecule has 0 unspecified atom stereocenters. The number of fused-ring (bicyclic) bond motifs is 2. The molecule has 0 heterocycles. The number of carboxylic acid groups (broad SMARTS) is 1. The van der Waals surface area contributed by atoms with Gasteiger partial charge in [-0.3, -0.25) is 4.79 Å². The van der Waals surface area contributed by atoms with Crippen LogP contribution in [0.1, 0.15) is 19.4 Å². The molecule has 1 amide bonds. The lowest BCUT2D eigenvalue weighted by atomic mass is 9.82. The first-order valence-electron chi connectivity index (χ1n) is 7.84. The van der Waals surface area contributed by atoms with Gasteiger partial charge in [-0.25, -0.2) is 0 Å². The van der Waals surface area contributed by atoms with E-state index in [1.165, 1.54) is 0 Å². The van der Waals surface area contributed by atoms with Crippen LogP contribution in [0.25, 0.3) is 0 Å². The van der Waals surface area contributed by atoms with Gasteiger partial charge in [-0.15, -0.1) is 0 Å². The molecule has 2 aliphatic carbocycles. The highest BCUT2D eigenvalue weighted by Crippen LogP contribution is 2.53. The fourth-order valence-electron chi connectivity index (χ4n) is 3.98. The first-order chi connectivity index (χ1) is 10.9. The van der Waals surface area contributed by atoms with Gasteiger partial charge in [0.2, 0.25) is 5.91 Å². The highest BCUT2D eigenvalue weighted by Gasteiger charge is 2.52. The van der Waals surface area contributed by atoms with E-state index in [9.17, 15) is 14.7 Å². The number of nitrogens with one attached hydrogen (secondary N) is 1. The smallest absolute Gasteiger partial charge is 0.229 e. The van der Waals surface area contributed by atoms with Crippen molar-refractivity contribution in [2.75, 3.05) is 5.32 Å². The molecule has 0 radical (unpaired) electrons. The normalized spacial score (nSPS) is 28.0. The third-order valence-electron chi connectivity index (χ3n) is 4.84. The number of anilines is 1. The van der Waals surface area contributed by atoms with E-state index in [0.717, 1.165) is 16.7 Å². The van der Waals surface area contributed by atoms with Crippen LogP contribution in [0.15, 0.2) is 47.6 Å². The molecule has 0 aliphatic heterocycles. The number of benzene rings is 1. The average molecular weight is 310 g/mol. The van der Waals surface area contributed by atoms with E-state index in [0.29, 0.717) is 5.69 Å². The van der Waals surface area contributed by atoms with E-state index >= 15 is 0 Å². The van der Waals surface area contributed by atoms with Crippen molar-refractivity contribution < 1.29 is 14.7 Å². The molecule has 120 valence electrons. The van der Waals surface area contributed by atoms with Gasteiger partial charge in [0.25, 0.3) is 0 Å². The number of amides is 1. The van der Waals surface area contributed by atoms with Crippen LogP contribution in [0.4, 0.5) is 5.69 Å². The molecular formula is C19H20NO3-. The average Bonchev–Trinajstić information content (AvgIpc) is 3.02. The lowest BCUT2D eigenvalue weighted by Gasteiger charge is -2.27. The number of hydrogen-bond acceptors (Lipinski definition) is 3. The van der Waals surface area contributed by atoms with Crippen molar-refractivity contribution in [2.45, 2.75) is 20.8 Å². The number of carbonyl (C=O) groups is 2. The van der Waals surface area contributed by atoms with Crippen molar-refractivity contribution in [1.29, 1.82) is 0 Å². The van der Waals surface area contributed by atoms with Crippen molar-refractivity contribution >= 4 is 17.6 Å². The van der Waals surface area contributed by atoms with E-state index in [4.69, 9.17) is 0 Å². The molecule has 2 aliphatic rings. The summed E-state index contributed by atoms with van der Waals surface area (Å²) >= 11 is 0. The van der Waals surface area contributed by atoms with Gasteiger partial charge in [0, 0.05) is 29.4 Å². The van der Waals surface area contributed by atoms with Crippen LogP contribution in [0.2, 0.25) is 0 Å². The van der Waals surface area contributed by atoms with Crippen molar-refractivity contribution in [3.8, 4) is 0 Å². The zero-order valence-electron chi connectivity index (χ0n) is 13.5. The second kappa shape index (κ2) is 5.69. The maximum absolute atomic E-state index is 12.7. The van der Waals surface area contributed by atoms with Gasteiger partial charge in [0.05, 0.1) is 5.92 Å². The summed E-state index contributed by atoms with van der Waals surface area (Å²) in [4.78, 5) is 24.4. The van der Waals surface area contributed by atoms with Crippen LogP contribution in [0.3, 0.4) is 0 Å². The quantitative estimate of drug-likeness (QED) is 0.869. The first kappa shape index (κ1) is 15.5. The molecule has 4 atom stereocenters. The third-order valence-corrected chi connectivity index (χ3v) is 4.84. The Kier molecular flexibility index (Phi) is 3.84. The van der Waals surface area contributed by atoms with E-state index < -0.39 is 17.8 Å². The minimum Gasteiger partial charge on any atom is -0.550 e. The van der Waals surface area contributed by atoms with Crippen molar-refractivity contribution in [1.82, 2.24) is 0 Å². The highest BCUT2D eigenvalue weighted by molar-refractivity contribution is 5.97. The van der Waals surface area contributed by atoms with E-state index in [-0.39, 0.29) is 17.7 Å². The minimum atomic E-state index is -1.15. The predicted octanol–water partition coefficient (Wildman–Crippen LogP) is 2.07. The summed E-state index contributed by atoms with van der Waals surface area (Å²) in [6.45, 7) is 5.88. The Morgan fingerprint density at radius 1 is 1.09 bits per heavy atom. The molecule has 23 heavy (non-hydrogen) atoms. The van der Waals surface area contributed by atoms with Gasteiger partial charge in [0.15, 0.2) is 0 Å². The number of carbonyl (C=O) groups excluding carboxylic acids is 2. The fraction of sp³-hybridized carbons (Fsp3) is 0.368. The third kappa shape index (κ3) is 2.58. The SMILES string of the molecule is CC(C)=C1[C@H]2C=C[C@H]1[C@H](C(=O)Nc1cccc(C)c1)[C@H]2C(=O)[O-]. The predicted molar refractivity (Wildman–Crippen MR) is 86.3 cm³/mol. The van der Waals surface area contributed by atoms with Crippen molar-refractivity contribution in [3.63, 3.8) is 0 Å². The maximum atomic E-state index is 12.7. The molecule has 1 aromatic carbocycles. The van der Waals surface area contributed by atoms with Crippen LogP contribution in [0.5, 0.6) is 0 Å². The van der Waals surface area contributed by atoms with Crippen molar-refractivity contribution in [3.05, 3.63) is 53.1 Å². The Morgan fingerprint density at radius 3 is 2.30 bits per heavy atom. The molecule has 1 N–H and O–H groups in total. The number of rotatable bonds is 3. The Balaban J connectivity index is 1.91. The maximum Gasteiger partial charge on any atom is 0.229 e. The molecule has 4 nitrogen and oxygen atoms in total. The highest BCUT2D eigenvalue weighted by atomic mass is 16.4. The van der Waals surface area contributed by atoms with Gasteiger partial charge in [-0.05, 0) is 38.5 Å².